The molecule has 1 aliphatic carbocycles. The molecule has 2 aromatic heterocycles. The zero-order valence-corrected chi connectivity index (χ0v) is 12.4. The molecule has 1 saturated carbocycles. The van der Waals surface area contributed by atoms with E-state index < -0.39 is 0 Å². The van der Waals surface area contributed by atoms with E-state index in [1.54, 1.807) is 10.7 Å². The van der Waals surface area contributed by atoms with E-state index in [-0.39, 0.29) is 12.1 Å². The zero-order valence-electron chi connectivity index (χ0n) is 12.4. The average molecular weight is 300 g/mol. The van der Waals surface area contributed by atoms with Crippen LogP contribution in [0.25, 0.3) is 5.52 Å². The lowest BCUT2D eigenvalue weighted by Gasteiger charge is -2.35. The molecule has 0 aromatic carbocycles. The molecule has 1 aliphatic heterocycles. The van der Waals surface area contributed by atoms with Crippen molar-refractivity contribution in [1.82, 2.24) is 14.5 Å². The average Bonchev–Trinajstić information content (AvgIpc) is 3.27. The number of ether oxygens (including phenoxy) is 1. The van der Waals surface area contributed by atoms with Crippen molar-refractivity contribution in [2.24, 2.45) is 5.92 Å². The van der Waals surface area contributed by atoms with Crippen LogP contribution < -0.4 is 5.32 Å². The van der Waals surface area contributed by atoms with Gasteiger partial charge in [0, 0.05) is 12.7 Å². The number of fused-ring (bicyclic) bond motifs is 1. The second-order valence-corrected chi connectivity index (χ2v) is 6.12. The van der Waals surface area contributed by atoms with Gasteiger partial charge in [0.15, 0.2) is 0 Å². The first kappa shape index (κ1) is 13.6. The van der Waals surface area contributed by atoms with E-state index in [9.17, 15) is 4.79 Å². The molecule has 2 aromatic rings. The van der Waals surface area contributed by atoms with Gasteiger partial charge in [-0.05, 0) is 24.5 Å². The molecular weight excluding hydrogens is 280 g/mol. The molecule has 6 heteroatoms. The van der Waals surface area contributed by atoms with Crippen molar-refractivity contribution in [2.45, 2.75) is 25.3 Å². The fourth-order valence-electron chi connectivity index (χ4n) is 3.07. The zero-order chi connectivity index (χ0) is 14.9. The van der Waals surface area contributed by atoms with Gasteiger partial charge in [-0.15, -0.1) is 0 Å². The van der Waals surface area contributed by atoms with Crippen LogP contribution in [-0.2, 0) is 4.74 Å². The first-order valence-corrected chi connectivity index (χ1v) is 7.89. The quantitative estimate of drug-likeness (QED) is 0.946. The van der Waals surface area contributed by atoms with Crippen LogP contribution in [-0.4, -0.2) is 46.3 Å². The predicted octanol–water partition coefficient (Wildman–Crippen LogP) is 2.37. The third-order valence-electron chi connectivity index (χ3n) is 4.46. The minimum Gasteiger partial charge on any atom is -0.377 e. The summed E-state index contributed by atoms with van der Waals surface area (Å²) in [5.74, 6) is 0.777. The number of carbonyl (C=O) groups excluding carboxylic acids is 1. The van der Waals surface area contributed by atoms with Crippen LogP contribution in [0.15, 0.2) is 30.6 Å². The monoisotopic (exact) mass is 300 g/mol. The number of aromatic nitrogens is 2. The molecule has 1 atom stereocenters. The summed E-state index contributed by atoms with van der Waals surface area (Å²) in [7, 11) is 0. The van der Waals surface area contributed by atoms with Crippen LogP contribution in [0, 0.1) is 5.92 Å². The van der Waals surface area contributed by atoms with Crippen molar-refractivity contribution < 1.29 is 9.53 Å². The van der Waals surface area contributed by atoms with Crippen molar-refractivity contribution in [2.75, 3.05) is 25.1 Å². The highest BCUT2D eigenvalue weighted by Crippen LogP contribution is 2.35. The second kappa shape index (κ2) is 5.61. The number of rotatable bonds is 3. The highest BCUT2D eigenvalue weighted by molar-refractivity contribution is 5.94. The fraction of sp³-hybridized carbons (Fsp3) is 0.500. The van der Waals surface area contributed by atoms with E-state index in [2.05, 4.69) is 10.4 Å². The van der Waals surface area contributed by atoms with Gasteiger partial charge in [-0.25, -0.2) is 9.31 Å². The molecule has 4 rings (SSSR count). The van der Waals surface area contributed by atoms with Crippen LogP contribution >= 0.6 is 0 Å². The molecule has 0 spiro atoms. The topological polar surface area (TPSA) is 58.9 Å². The lowest BCUT2D eigenvalue weighted by Crippen LogP contribution is -2.50. The molecule has 2 amide bonds. The second-order valence-electron chi connectivity index (χ2n) is 6.12. The van der Waals surface area contributed by atoms with E-state index in [4.69, 9.17) is 4.74 Å². The van der Waals surface area contributed by atoms with Crippen LogP contribution in [0.4, 0.5) is 10.5 Å². The van der Waals surface area contributed by atoms with Gasteiger partial charge in [-0.2, -0.15) is 5.10 Å². The molecule has 0 radical (unpaired) electrons. The maximum atomic E-state index is 12.6. The Morgan fingerprint density at radius 1 is 1.41 bits per heavy atom. The van der Waals surface area contributed by atoms with Gasteiger partial charge in [0.1, 0.15) is 0 Å². The Morgan fingerprint density at radius 3 is 3.18 bits per heavy atom. The molecular formula is C16H20N4O2. The normalized spacial score (nSPS) is 22.0. The lowest BCUT2D eigenvalue weighted by atomic mass is 10.1. The molecule has 1 unspecified atom stereocenters. The first-order chi connectivity index (χ1) is 10.8. The summed E-state index contributed by atoms with van der Waals surface area (Å²) in [6.07, 6.45) is 7.21. The van der Waals surface area contributed by atoms with E-state index in [0.717, 1.165) is 23.5 Å². The summed E-state index contributed by atoms with van der Waals surface area (Å²) in [6.45, 7) is 1.92. The van der Waals surface area contributed by atoms with Crippen LogP contribution in [0.1, 0.15) is 19.3 Å². The smallest absolute Gasteiger partial charge is 0.322 e. The Labute approximate surface area is 129 Å². The molecule has 2 aliphatic rings. The first-order valence-electron chi connectivity index (χ1n) is 7.89. The Bertz CT molecular complexity index is 680. The van der Waals surface area contributed by atoms with Crippen molar-refractivity contribution in [3.8, 4) is 0 Å². The van der Waals surface area contributed by atoms with E-state index in [1.165, 1.54) is 12.8 Å². The van der Waals surface area contributed by atoms with Gasteiger partial charge in [0.2, 0.25) is 0 Å². The number of anilines is 1. The standard InChI is InChI=1S/C16H20N4O2/c21-16(18-14-10-17-20-6-2-1-3-15(14)20)19-7-8-22-11-13(19)9-12-4-5-12/h1-3,6,10,12-13H,4-5,7-9,11H2,(H,18,21). The maximum absolute atomic E-state index is 12.6. The number of pyridine rings is 1. The van der Waals surface area contributed by atoms with Gasteiger partial charge in [0.05, 0.1) is 36.7 Å². The molecule has 2 fully saturated rings. The minimum absolute atomic E-state index is 0.0484. The third-order valence-corrected chi connectivity index (χ3v) is 4.46. The Balaban J connectivity index is 1.50. The summed E-state index contributed by atoms with van der Waals surface area (Å²) >= 11 is 0. The van der Waals surface area contributed by atoms with Crippen LogP contribution in [0.5, 0.6) is 0 Å². The number of morpholine rings is 1. The number of amides is 2. The van der Waals surface area contributed by atoms with Gasteiger partial charge >= 0.3 is 6.03 Å². The maximum Gasteiger partial charge on any atom is 0.322 e. The Morgan fingerprint density at radius 2 is 2.32 bits per heavy atom. The number of hydrogen-bond donors (Lipinski definition) is 1. The molecule has 6 nitrogen and oxygen atoms in total. The number of nitrogens with one attached hydrogen (secondary N) is 1. The third kappa shape index (κ3) is 2.66. The van der Waals surface area contributed by atoms with Gasteiger partial charge in [-0.1, -0.05) is 18.9 Å². The van der Waals surface area contributed by atoms with Crippen molar-refractivity contribution in [3.05, 3.63) is 30.6 Å². The predicted molar refractivity (Wildman–Crippen MR) is 82.9 cm³/mol. The summed E-state index contributed by atoms with van der Waals surface area (Å²) in [5, 5.41) is 7.26. The van der Waals surface area contributed by atoms with Crippen LogP contribution in [0.3, 0.4) is 0 Å². The van der Waals surface area contributed by atoms with E-state index >= 15 is 0 Å². The Hall–Kier alpha value is -2.08. The molecule has 0 bridgehead atoms. The number of nitrogens with zero attached hydrogens (tertiary/aromatic N) is 3. The van der Waals surface area contributed by atoms with Crippen molar-refractivity contribution >= 4 is 17.2 Å². The summed E-state index contributed by atoms with van der Waals surface area (Å²) in [4.78, 5) is 14.6. The highest BCUT2D eigenvalue weighted by Gasteiger charge is 2.33. The summed E-state index contributed by atoms with van der Waals surface area (Å²) in [5.41, 5.74) is 1.66. The number of urea groups is 1. The number of carbonyl (C=O) groups is 1. The van der Waals surface area contributed by atoms with E-state index in [1.807, 2.05) is 29.3 Å². The molecule has 1 saturated heterocycles. The van der Waals surface area contributed by atoms with Crippen molar-refractivity contribution in [3.63, 3.8) is 0 Å². The largest absolute Gasteiger partial charge is 0.377 e. The van der Waals surface area contributed by atoms with Gasteiger partial charge in [0.25, 0.3) is 0 Å². The van der Waals surface area contributed by atoms with E-state index in [0.29, 0.717) is 19.8 Å². The molecule has 116 valence electrons. The van der Waals surface area contributed by atoms with Crippen molar-refractivity contribution in [1.29, 1.82) is 0 Å². The molecule has 22 heavy (non-hydrogen) atoms. The SMILES string of the molecule is O=C(Nc1cnn2ccccc12)N1CCOCC1CC1CC1. The number of hydrogen-bond acceptors (Lipinski definition) is 3. The lowest BCUT2D eigenvalue weighted by molar-refractivity contribution is 0.0108. The molecule has 3 heterocycles. The van der Waals surface area contributed by atoms with Crippen LogP contribution in [0.2, 0.25) is 0 Å². The highest BCUT2D eigenvalue weighted by atomic mass is 16.5. The summed E-state index contributed by atoms with van der Waals surface area (Å²) < 4.78 is 7.32. The van der Waals surface area contributed by atoms with Gasteiger partial charge < -0.3 is 15.0 Å². The summed E-state index contributed by atoms with van der Waals surface area (Å²) in [6, 6.07) is 5.95. The van der Waals surface area contributed by atoms with Gasteiger partial charge in [-0.3, -0.25) is 0 Å². The fourth-order valence-corrected chi connectivity index (χ4v) is 3.07. The molecule has 1 N–H and O–H groups in total. The minimum atomic E-state index is -0.0484. The Kier molecular flexibility index (Phi) is 3.46.